The second-order valence-corrected chi connectivity index (χ2v) is 3.56. The van der Waals surface area contributed by atoms with Crippen molar-refractivity contribution in [2.75, 3.05) is 20.8 Å². The summed E-state index contributed by atoms with van der Waals surface area (Å²) in [5.74, 6) is 0.551. The van der Waals surface area contributed by atoms with Crippen LogP contribution >= 0.6 is 0 Å². The lowest BCUT2D eigenvalue weighted by Gasteiger charge is -2.12. The number of benzene rings is 1. The number of nitrogens with one attached hydrogen (secondary N) is 1. The number of hydrogen-bond donors (Lipinski definition) is 1. The van der Waals surface area contributed by atoms with Gasteiger partial charge in [0.05, 0.1) is 13.7 Å². The summed E-state index contributed by atoms with van der Waals surface area (Å²) in [7, 11) is 3.18. The monoisotopic (exact) mass is 223 g/mol. The molecule has 0 aromatic heterocycles. The van der Waals surface area contributed by atoms with Crippen LogP contribution in [0.2, 0.25) is 0 Å². The zero-order valence-electron chi connectivity index (χ0n) is 9.82. The third kappa shape index (κ3) is 3.55. The molecule has 1 aromatic rings. The Bertz CT molecular complexity index is 352. The maximum Gasteiger partial charge on any atom is 0.251 e. The van der Waals surface area contributed by atoms with Crippen molar-refractivity contribution in [3.8, 4) is 5.75 Å². The van der Waals surface area contributed by atoms with Gasteiger partial charge in [-0.2, -0.15) is 0 Å². The highest BCUT2D eigenvalue weighted by Gasteiger charge is 2.09. The Morgan fingerprint density at radius 1 is 1.44 bits per heavy atom. The van der Waals surface area contributed by atoms with Crippen molar-refractivity contribution in [3.63, 3.8) is 0 Å². The first-order chi connectivity index (χ1) is 7.67. The largest absolute Gasteiger partial charge is 0.497 e. The van der Waals surface area contributed by atoms with Crippen molar-refractivity contribution >= 4 is 5.91 Å². The predicted octanol–water partition coefficient (Wildman–Crippen LogP) is 1.46. The minimum Gasteiger partial charge on any atom is -0.497 e. The van der Waals surface area contributed by atoms with Crippen LogP contribution in [-0.4, -0.2) is 32.8 Å². The Morgan fingerprint density at radius 2 is 2.19 bits per heavy atom. The molecule has 4 nitrogen and oxygen atoms in total. The maximum absolute atomic E-state index is 11.8. The van der Waals surface area contributed by atoms with Crippen molar-refractivity contribution < 1.29 is 14.3 Å². The van der Waals surface area contributed by atoms with Gasteiger partial charge < -0.3 is 14.8 Å². The number of ether oxygens (including phenoxy) is 2. The molecule has 0 aliphatic rings. The molecule has 88 valence electrons. The highest BCUT2D eigenvalue weighted by Crippen LogP contribution is 2.12. The second kappa shape index (κ2) is 6.12. The van der Waals surface area contributed by atoms with E-state index in [1.165, 1.54) is 0 Å². The molecule has 0 radical (unpaired) electrons. The summed E-state index contributed by atoms with van der Waals surface area (Å²) in [6.45, 7) is 2.39. The van der Waals surface area contributed by atoms with Crippen LogP contribution in [0.3, 0.4) is 0 Å². The fraction of sp³-hybridized carbons (Fsp3) is 0.417. The van der Waals surface area contributed by atoms with Crippen LogP contribution in [0.15, 0.2) is 24.3 Å². The van der Waals surface area contributed by atoms with Gasteiger partial charge in [-0.3, -0.25) is 4.79 Å². The summed E-state index contributed by atoms with van der Waals surface area (Å²) in [6, 6.07) is 7.03. The molecule has 1 N–H and O–H groups in total. The summed E-state index contributed by atoms with van der Waals surface area (Å²) < 4.78 is 10.00. The Labute approximate surface area is 95.6 Å². The van der Waals surface area contributed by atoms with Gasteiger partial charge in [-0.1, -0.05) is 6.07 Å². The molecule has 0 unspecified atom stereocenters. The molecule has 1 rings (SSSR count). The molecular formula is C12H17NO3. The topological polar surface area (TPSA) is 47.6 Å². The Hall–Kier alpha value is -1.55. The molecule has 0 saturated heterocycles. The van der Waals surface area contributed by atoms with E-state index in [-0.39, 0.29) is 11.9 Å². The van der Waals surface area contributed by atoms with Gasteiger partial charge in [0.2, 0.25) is 0 Å². The first-order valence-electron chi connectivity index (χ1n) is 5.11. The van der Waals surface area contributed by atoms with Gasteiger partial charge in [0.1, 0.15) is 5.75 Å². The van der Waals surface area contributed by atoms with Crippen LogP contribution in [0.1, 0.15) is 17.3 Å². The van der Waals surface area contributed by atoms with Gasteiger partial charge in [-0.05, 0) is 25.1 Å². The summed E-state index contributed by atoms with van der Waals surface area (Å²) in [6.07, 6.45) is 0. The highest BCUT2D eigenvalue weighted by atomic mass is 16.5. The van der Waals surface area contributed by atoms with Gasteiger partial charge in [0.15, 0.2) is 0 Å². The lowest BCUT2D eigenvalue weighted by atomic mass is 10.2. The van der Waals surface area contributed by atoms with Gasteiger partial charge in [-0.15, -0.1) is 0 Å². The van der Waals surface area contributed by atoms with Crippen LogP contribution in [0, 0.1) is 0 Å². The fourth-order valence-corrected chi connectivity index (χ4v) is 1.36. The van der Waals surface area contributed by atoms with Crippen LogP contribution in [0.25, 0.3) is 0 Å². The minimum absolute atomic E-state index is 0.0105. The molecule has 1 atom stereocenters. The smallest absolute Gasteiger partial charge is 0.251 e. The molecule has 16 heavy (non-hydrogen) atoms. The van der Waals surface area contributed by atoms with E-state index in [9.17, 15) is 4.79 Å². The molecule has 0 saturated carbocycles. The Morgan fingerprint density at radius 3 is 2.81 bits per heavy atom. The average Bonchev–Trinajstić information content (AvgIpc) is 2.29. The molecule has 0 fully saturated rings. The quantitative estimate of drug-likeness (QED) is 0.822. The van der Waals surface area contributed by atoms with Crippen molar-refractivity contribution in [1.82, 2.24) is 5.32 Å². The normalized spacial score (nSPS) is 11.9. The molecule has 1 amide bonds. The summed E-state index contributed by atoms with van der Waals surface area (Å²) in [4.78, 5) is 11.8. The number of hydrogen-bond acceptors (Lipinski definition) is 3. The van der Waals surface area contributed by atoms with E-state index in [1.807, 2.05) is 6.92 Å². The zero-order valence-corrected chi connectivity index (χ0v) is 9.82. The van der Waals surface area contributed by atoms with Crippen molar-refractivity contribution in [3.05, 3.63) is 29.8 Å². The second-order valence-electron chi connectivity index (χ2n) is 3.56. The third-order valence-electron chi connectivity index (χ3n) is 2.13. The van der Waals surface area contributed by atoms with E-state index < -0.39 is 0 Å². The zero-order chi connectivity index (χ0) is 12.0. The number of carbonyl (C=O) groups excluding carboxylic acids is 1. The van der Waals surface area contributed by atoms with Crippen LogP contribution in [-0.2, 0) is 4.74 Å². The molecule has 1 aromatic carbocycles. The van der Waals surface area contributed by atoms with Gasteiger partial charge in [-0.25, -0.2) is 0 Å². The maximum atomic E-state index is 11.8. The van der Waals surface area contributed by atoms with Gasteiger partial charge in [0, 0.05) is 18.7 Å². The number of methoxy groups -OCH3 is 2. The molecule has 0 spiro atoms. The van der Waals surface area contributed by atoms with E-state index in [1.54, 1.807) is 38.5 Å². The summed E-state index contributed by atoms with van der Waals surface area (Å²) in [5.41, 5.74) is 0.585. The third-order valence-corrected chi connectivity index (χ3v) is 2.13. The van der Waals surface area contributed by atoms with E-state index >= 15 is 0 Å². The van der Waals surface area contributed by atoms with Crippen LogP contribution in [0.4, 0.5) is 0 Å². The molecule has 0 aliphatic heterocycles. The average molecular weight is 223 g/mol. The molecule has 0 aliphatic carbocycles. The molecule has 0 bridgehead atoms. The Kier molecular flexibility index (Phi) is 4.79. The predicted molar refractivity (Wildman–Crippen MR) is 61.8 cm³/mol. The molecule has 4 heteroatoms. The number of amides is 1. The number of carbonyl (C=O) groups is 1. The van der Waals surface area contributed by atoms with Crippen LogP contribution in [0.5, 0.6) is 5.75 Å². The summed E-state index contributed by atoms with van der Waals surface area (Å²) >= 11 is 0. The first kappa shape index (κ1) is 12.5. The van der Waals surface area contributed by atoms with E-state index in [0.717, 1.165) is 0 Å². The van der Waals surface area contributed by atoms with Gasteiger partial charge in [0.25, 0.3) is 5.91 Å². The van der Waals surface area contributed by atoms with Gasteiger partial charge >= 0.3 is 0 Å². The van der Waals surface area contributed by atoms with E-state index in [0.29, 0.717) is 17.9 Å². The van der Waals surface area contributed by atoms with Crippen LogP contribution < -0.4 is 10.1 Å². The van der Waals surface area contributed by atoms with Crippen molar-refractivity contribution in [2.24, 2.45) is 0 Å². The van der Waals surface area contributed by atoms with Crippen molar-refractivity contribution in [2.45, 2.75) is 13.0 Å². The first-order valence-corrected chi connectivity index (χ1v) is 5.11. The standard InChI is InChI=1S/C12H17NO3/c1-9(8-15-2)13-12(14)10-5-4-6-11(7-10)16-3/h4-7,9H,8H2,1-3H3,(H,13,14)/t9-/m0/s1. The molecular weight excluding hydrogens is 206 g/mol. The number of rotatable bonds is 5. The lowest BCUT2D eigenvalue weighted by Crippen LogP contribution is -2.35. The van der Waals surface area contributed by atoms with Crippen molar-refractivity contribution in [1.29, 1.82) is 0 Å². The SMILES string of the molecule is COC[C@H](C)NC(=O)c1cccc(OC)c1. The summed E-state index contributed by atoms with van der Waals surface area (Å²) in [5, 5.41) is 2.83. The Balaban J connectivity index is 2.65. The fourth-order valence-electron chi connectivity index (χ4n) is 1.36. The lowest BCUT2D eigenvalue weighted by molar-refractivity contribution is 0.0905. The highest BCUT2D eigenvalue weighted by molar-refractivity contribution is 5.94. The van der Waals surface area contributed by atoms with E-state index in [4.69, 9.17) is 9.47 Å². The minimum atomic E-state index is -0.122. The van der Waals surface area contributed by atoms with E-state index in [2.05, 4.69) is 5.32 Å². The molecule has 0 heterocycles.